The maximum Gasteiger partial charge on any atom is 0.118 e. The number of nitrogens with zero attached hydrogens (tertiary/aromatic N) is 1. The van der Waals surface area contributed by atoms with Crippen molar-refractivity contribution in [3.63, 3.8) is 0 Å². The van der Waals surface area contributed by atoms with E-state index >= 15 is 0 Å². The molecule has 2 aromatic rings. The Bertz CT molecular complexity index is 629. The summed E-state index contributed by atoms with van der Waals surface area (Å²) in [5.41, 5.74) is 8.82. The van der Waals surface area contributed by atoms with Gasteiger partial charge in [0.1, 0.15) is 11.8 Å². The molecule has 0 amide bonds. The van der Waals surface area contributed by atoms with Gasteiger partial charge in [-0.25, -0.2) is 0 Å². The van der Waals surface area contributed by atoms with Gasteiger partial charge in [-0.1, -0.05) is 12.1 Å². The zero-order chi connectivity index (χ0) is 14.5. The molecule has 20 heavy (non-hydrogen) atoms. The molecule has 0 saturated carbocycles. The lowest BCUT2D eigenvalue weighted by Crippen LogP contribution is -2.07. The topological polar surface area (TPSA) is 71.1 Å². The molecule has 0 radical (unpaired) electrons. The Hall–Kier alpha value is -2.67. The van der Waals surface area contributed by atoms with Gasteiger partial charge in [0.05, 0.1) is 18.4 Å². The van der Waals surface area contributed by atoms with E-state index < -0.39 is 0 Å². The number of rotatable bonds is 4. The van der Waals surface area contributed by atoms with Gasteiger partial charge in [-0.2, -0.15) is 5.26 Å². The van der Waals surface area contributed by atoms with Crippen LogP contribution in [0.4, 0.5) is 11.4 Å². The molecule has 0 spiro atoms. The van der Waals surface area contributed by atoms with E-state index in [0.717, 1.165) is 17.0 Å². The summed E-state index contributed by atoms with van der Waals surface area (Å²) in [7, 11) is 1.65. The largest absolute Gasteiger partial charge is 0.497 e. The highest BCUT2D eigenvalue weighted by atomic mass is 16.5. The Morgan fingerprint density at radius 1 is 1.20 bits per heavy atom. The van der Waals surface area contributed by atoms with Crippen molar-refractivity contribution in [2.45, 2.75) is 13.0 Å². The monoisotopic (exact) mass is 267 g/mol. The Kier molecular flexibility index (Phi) is 4.11. The molecular weight excluding hydrogens is 250 g/mol. The minimum atomic E-state index is 0.133. The van der Waals surface area contributed by atoms with Gasteiger partial charge in [-0.3, -0.25) is 0 Å². The van der Waals surface area contributed by atoms with Gasteiger partial charge >= 0.3 is 0 Å². The van der Waals surface area contributed by atoms with Crippen LogP contribution >= 0.6 is 0 Å². The first-order chi connectivity index (χ1) is 9.63. The molecule has 0 aliphatic rings. The summed E-state index contributed by atoms with van der Waals surface area (Å²) < 4.78 is 5.14. The molecule has 0 saturated heterocycles. The smallest absolute Gasteiger partial charge is 0.118 e. The van der Waals surface area contributed by atoms with Crippen LogP contribution in [0.25, 0.3) is 0 Å². The van der Waals surface area contributed by atoms with Crippen LogP contribution in [-0.2, 0) is 0 Å². The number of nitrogens with two attached hydrogens (primary N) is 1. The fourth-order valence-corrected chi connectivity index (χ4v) is 1.98. The van der Waals surface area contributed by atoms with Gasteiger partial charge in [0.25, 0.3) is 0 Å². The SMILES string of the molecule is COc1ccc(C(C)Nc2ccc(C#N)c(N)c2)cc1. The average molecular weight is 267 g/mol. The van der Waals surface area contributed by atoms with Gasteiger partial charge in [-0.05, 0) is 42.8 Å². The minimum Gasteiger partial charge on any atom is -0.497 e. The average Bonchev–Trinajstić information content (AvgIpc) is 2.47. The fourth-order valence-electron chi connectivity index (χ4n) is 1.98. The predicted molar refractivity (Wildman–Crippen MR) is 80.6 cm³/mol. The lowest BCUT2D eigenvalue weighted by molar-refractivity contribution is 0.414. The highest BCUT2D eigenvalue weighted by molar-refractivity contribution is 5.63. The second kappa shape index (κ2) is 5.98. The van der Waals surface area contributed by atoms with Crippen LogP contribution in [0.5, 0.6) is 5.75 Å². The fraction of sp³-hybridized carbons (Fsp3) is 0.188. The zero-order valence-electron chi connectivity index (χ0n) is 11.6. The van der Waals surface area contributed by atoms with E-state index in [1.54, 1.807) is 19.2 Å². The van der Waals surface area contributed by atoms with Crippen LogP contribution in [0, 0.1) is 11.3 Å². The van der Waals surface area contributed by atoms with E-state index in [0.29, 0.717) is 11.3 Å². The number of ether oxygens (including phenoxy) is 1. The molecule has 0 aromatic heterocycles. The van der Waals surface area contributed by atoms with Crippen LogP contribution < -0.4 is 15.8 Å². The molecular formula is C16H17N3O. The van der Waals surface area contributed by atoms with Crippen molar-refractivity contribution in [1.29, 1.82) is 5.26 Å². The third-order valence-corrected chi connectivity index (χ3v) is 3.17. The van der Waals surface area contributed by atoms with Crippen molar-refractivity contribution in [2.24, 2.45) is 0 Å². The van der Waals surface area contributed by atoms with Gasteiger partial charge in [0.15, 0.2) is 0 Å². The van der Waals surface area contributed by atoms with Gasteiger partial charge in [-0.15, -0.1) is 0 Å². The van der Waals surface area contributed by atoms with Gasteiger partial charge in [0, 0.05) is 11.7 Å². The number of anilines is 2. The Morgan fingerprint density at radius 2 is 1.90 bits per heavy atom. The molecule has 4 nitrogen and oxygen atoms in total. The zero-order valence-corrected chi connectivity index (χ0v) is 11.6. The Labute approximate surface area is 118 Å². The Balaban J connectivity index is 2.12. The molecule has 2 rings (SSSR count). The van der Waals surface area contributed by atoms with Crippen molar-refractivity contribution in [3.05, 3.63) is 53.6 Å². The second-order valence-electron chi connectivity index (χ2n) is 4.55. The molecule has 0 aliphatic carbocycles. The number of nitrogens with one attached hydrogen (secondary N) is 1. The summed E-state index contributed by atoms with van der Waals surface area (Å²) in [4.78, 5) is 0. The highest BCUT2D eigenvalue weighted by Gasteiger charge is 2.07. The molecule has 2 aromatic carbocycles. The first kappa shape index (κ1) is 13.8. The van der Waals surface area contributed by atoms with E-state index in [2.05, 4.69) is 18.3 Å². The van der Waals surface area contributed by atoms with E-state index in [-0.39, 0.29) is 6.04 Å². The quantitative estimate of drug-likeness (QED) is 0.834. The summed E-state index contributed by atoms with van der Waals surface area (Å²) in [5.74, 6) is 0.837. The summed E-state index contributed by atoms with van der Waals surface area (Å²) in [5, 5.41) is 12.2. The standard InChI is InChI=1S/C16H17N3O/c1-11(12-4-7-15(20-2)8-5-12)19-14-6-3-13(10-17)16(18)9-14/h3-9,11,19H,18H2,1-2H3. The molecule has 0 fully saturated rings. The number of methoxy groups -OCH3 is 1. The number of nitrogen functional groups attached to an aromatic ring is 1. The lowest BCUT2D eigenvalue weighted by atomic mass is 10.1. The first-order valence-corrected chi connectivity index (χ1v) is 6.34. The molecule has 4 heteroatoms. The maximum atomic E-state index is 8.86. The summed E-state index contributed by atoms with van der Waals surface area (Å²) in [6, 6.07) is 15.4. The van der Waals surface area contributed by atoms with E-state index in [9.17, 15) is 0 Å². The summed E-state index contributed by atoms with van der Waals surface area (Å²) in [6.07, 6.45) is 0. The van der Waals surface area contributed by atoms with Crippen molar-refractivity contribution in [1.82, 2.24) is 0 Å². The van der Waals surface area contributed by atoms with Crippen molar-refractivity contribution in [3.8, 4) is 11.8 Å². The highest BCUT2D eigenvalue weighted by Crippen LogP contribution is 2.24. The number of hydrogen-bond acceptors (Lipinski definition) is 4. The van der Waals surface area contributed by atoms with E-state index in [1.807, 2.05) is 30.3 Å². The van der Waals surface area contributed by atoms with Gasteiger partial charge in [0.2, 0.25) is 0 Å². The van der Waals surface area contributed by atoms with Crippen LogP contribution in [0.15, 0.2) is 42.5 Å². The van der Waals surface area contributed by atoms with Crippen LogP contribution in [-0.4, -0.2) is 7.11 Å². The van der Waals surface area contributed by atoms with Gasteiger partial charge < -0.3 is 15.8 Å². The molecule has 0 heterocycles. The molecule has 1 unspecified atom stereocenters. The van der Waals surface area contributed by atoms with Crippen LogP contribution in [0.3, 0.4) is 0 Å². The summed E-state index contributed by atoms with van der Waals surface area (Å²) in [6.45, 7) is 2.07. The number of hydrogen-bond donors (Lipinski definition) is 2. The predicted octanol–water partition coefficient (Wildman–Crippen LogP) is 3.32. The summed E-state index contributed by atoms with van der Waals surface area (Å²) >= 11 is 0. The number of benzene rings is 2. The van der Waals surface area contributed by atoms with Crippen LogP contribution in [0.1, 0.15) is 24.1 Å². The van der Waals surface area contributed by atoms with Crippen molar-refractivity contribution in [2.75, 3.05) is 18.2 Å². The Morgan fingerprint density at radius 3 is 2.45 bits per heavy atom. The van der Waals surface area contributed by atoms with Crippen LogP contribution in [0.2, 0.25) is 0 Å². The molecule has 1 atom stereocenters. The second-order valence-corrected chi connectivity index (χ2v) is 4.55. The lowest BCUT2D eigenvalue weighted by Gasteiger charge is -2.16. The van der Waals surface area contributed by atoms with Crippen molar-refractivity contribution < 1.29 is 4.74 Å². The number of nitriles is 1. The van der Waals surface area contributed by atoms with E-state index in [1.165, 1.54) is 0 Å². The van der Waals surface area contributed by atoms with E-state index in [4.69, 9.17) is 15.7 Å². The minimum absolute atomic E-state index is 0.133. The third-order valence-electron chi connectivity index (χ3n) is 3.17. The molecule has 102 valence electrons. The maximum absolute atomic E-state index is 8.86. The molecule has 0 bridgehead atoms. The van der Waals surface area contributed by atoms with Crippen molar-refractivity contribution >= 4 is 11.4 Å². The molecule has 3 N–H and O–H groups in total. The molecule has 0 aliphatic heterocycles. The third kappa shape index (κ3) is 3.01. The first-order valence-electron chi connectivity index (χ1n) is 6.34. The normalized spacial score (nSPS) is 11.4.